The quantitative estimate of drug-likeness (QED) is 0.933. The Hall–Kier alpha value is -1.65. The number of nitrogens with two attached hydrogens (primary N) is 1. The van der Waals surface area contributed by atoms with E-state index in [1.54, 1.807) is 24.4 Å². The molecule has 0 aliphatic heterocycles. The van der Waals surface area contributed by atoms with Crippen molar-refractivity contribution in [2.24, 2.45) is 5.73 Å². The van der Waals surface area contributed by atoms with Crippen molar-refractivity contribution in [2.75, 3.05) is 0 Å². The third-order valence-electron chi connectivity index (χ3n) is 2.62. The Morgan fingerprint density at radius 3 is 2.84 bits per heavy atom. The number of hydrogen-bond acceptors (Lipinski definition) is 3. The largest absolute Gasteiger partial charge is 0.489 e. The molecule has 0 radical (unpaired) electrons. The molecule has 0 saturated carbocycles. The maximum absolute atomic E-state index is 13.0. The van der Waals surface area contributed by atoms with E-state index in [2.05, 4.69) is 4.98 Å². The first kappa shape index (κ1) is 13.8. The highest BCUT2D eigenvalue weighted by Gasteiger charge is 2.09. The zero-order valence-electron chi connectivity index (χ0n) is 10.4. The predicted molar refractivity (Wildman–Crippen MR) is 72.6 cm³/mol. The Morgan fingerprint density at radius 1 is 1.37 bits per heavy atom. The second-order valence-electron chi connectivity index (χ2n) is 4.27. The second kappa shape index (κ2) is 5.99. The van der Waals surface area contributed by atoms with Gasteiger partial charge in [0.05, 0.1) is 6.20 Å². The van der Waals surface area contributed by atoms with Gasteiger partial charge < -0.3 is 10.5 Å². The molecule has 0 saturated heterocycles. The third kappa shape index (κ3) is 3.66. The lowest BCUT2D eigenvalue weighted by Crippen LogP contribution is -2.08. The van der Waals surface area contributed by atoms with Gasteiger partial charge in [0.2, 0.25) is 0 Å². The van der Waals surface area contributed by atoms with Crippen LogP contribution < -0.4 is 10.5 Å². The molecule has 1 heterocycles. The molecule has 0 amide bonds. The molecule has 5 heteroatoms. The summed E-state index contributed by atoms with van der Waals surface area (Å²) in [5.41, 5.74) is 7.34. The van der Waals surface area contributed by atoms with Crippen LogP contribution in [0.3, 0.4) is 0 Å². The number of benzene rings is 1. The first-order valence-corrected chi connectivity index (χ1v) is 6.21. The first-order valence-electron chi connectivity index (χ1n) is 5.83. The zero-order chi connectivity index (χ0) is 13.8. The number of rotatable bonds is 4. The summed E-state index contributed by atoms with van der Waals surface area (Å²) in [7, 11) is 0. The molecule has 2 aromatic rings. The van der Waals surface area contributed by atoms with E-state index in [0.29, 0.717) is 16.3 Å². The number of halogens is 2. The number of pyridine rings is 1. The van der Waals surface area contributed by atoms with Crippen molar-refractivity contribution >= 4 is 11.6 Å². The Balaban J connectivity index is 2.15. The van der Waals surface area contributed by atoms with E-state index in [0.717, 1.165) is 11.8 Å². The third-order valence-corrected chi connectivity index (χ3v) is 2.85. The van der Waals surface area contributed by atoms with Crippen molar-refractivity contribution in [1.82, 2.24) is 4.98 Å². The van der Waals surface area contributed by atoms with Gasteiger partial charge in [0.1, 0.15) is 18.2 Å². The molecule has 0 aliphatic rings. The fourth-order valence-electron chi connectivity index (χ4n) is 1.70. The van der Waals surface area contributed by atoms with Crippen molar-refractivity contribution in [3.05, 3.63) is 58.6 Å². The van der Waals surface area contributed by atoms with Crippen LogP contribution >= 0.6 is 11.6 Å². The average molecular weight is 281 g/mol. The van der Waals surface area contributed by atoms with Gasteiger partial charge in [0.25, 0.3) is 0 Å². The smallest absolute Gasteiger partial charge is 0.141 e. The number of ether oxygens (including phenoxy) is 1. The molecular weight excluding hydrogens is 267 g/mol. The molecule has 19 heavy (non-hydrogen) atoms. The number of aromatic nitrogens is 1. The SMILES string of the molecule is CC(N)c1cc(Cl)ccc1OCc1cncc(F)c1. The fraction of sp³-hybridized carbons (Fsp3) is 0.214. The predicted octanol–water partition coefficient (Wildman–Crippen LogP) is 3.47. The first-order chi connectivity index (χ1) is 9.06. The second-order valence-corrected chi connectivity index (χ2v) is 4.71. The maximum Gasteiger partial charge on any atom is 0.141 e. The van der Waals surface area contributed by atoms with Gasteiger partial charge in [-0.2, -0.15) is 0 Å². The van der Waals surface area contributed by atoms with E-state index in [1.165, 1.54) is 6.07 Å². The van der Waals surface area contributed by atoms with E-state index in [9.17, 15) is 4.39 Å². The van der Waals surface area contributed by atoms with E-state index in [1.807, 2.05) is 6.92 Å². The van der Waals surface area contributed by atoms with Crippen molar-refractivity contribution in [3.8, 4) is 5.75 Å². The molecule has 1 aromatic carbocycles. The van der Waals surface area contributed by atoms with E-state index in [4.69, 9.17) is 22.1 Å². The molecule has 1 atom stereocenters. The monoisotopic (exact) mass is 280 g/mol. The summed E-state index contributed by atoms with van der Waals surface area (Å²) >= 11 is 5.93. The molecular formula is C14H14ClFN2O. The van der Waals surface area contributed by atoms with E-state index < -0.39 is 0 Å². The van der Waals surface area contributed by atoms with Crippen LogP contribution in [0.2, 0.25) is 5.02 Å². The summed E-state index contributed by atoms with van der Waals surface area (Å²) in [6.07, 6.45) is 2.71. The van der Waals surface area contributed by atoms with Crippen LogP contribution in [0.25, 0.3) is 0 Å². The van der Waals surface area contributed by atoms with Gasteiger partial charge in [-0.1, -0.05) is 11.6 Å². The maximum atomic E-state index is 13.0. The van der Waals surface area contributed by atoms with Crippen LogP contribution in [0.15, 0.2) is 36.7 Å². The van der Waals surface area contributed by atoms with Gasteiger partial charge in [-0.25, -0.2) is 4.39 Å². The van der Waals surface area contributed by atoms with Crippen LogP contribution in [0.4, 0.5) is 4.39 Å². The van der Waals surface area contributed by atoms with Crippen molar-refractivity contribution in [2.45, 2.75) is 19.6 Å². The Kier molecular flexibility index (Phi) is 4.35. The van der Waals surface area contributed by atoms with Crippen LogP contribution in [0.5, 0.6) is 5.75 Å². The summed E-state index contributed by atoms with van der Waals surface area (Å²) in [5.74, 6) is 0.258. The Morgan fingerprint density at radius 2 is 2.16 bits per heavy atom. The van der Waals surface area contributed by atoms with Gasteiger partial charge >= 0.3 is 0 Å². The minimum absolute atomic E-state index is 0.195. The fourth-order valence-corrected chi connectivity index (χ4v) is 1.88. The summed E-state index contributed by atoms with van der Waals surface area (Å²) in [4.78, 5) is 3.77. The molecule has 1 aromatic heterocycles. The summed E-state index contributed by atoms with van der Waals surface area (Å²) in [6, 6.07) is 6.44. The normalized spacial score (nSPS) is 12.2. The van der Waals surface area contributed by atoms with Crippen molar-refractivity contribution in [3.63, 3.8) is 0 Å². The lowest BCUT2D eigenvalue weighted by atomic mass is 10.1. The molecule has 0 bridgehead atoms. The van der Waals surface area contributed by atoms with Crippen molar-refractivity contribution in [1.29, 1.82) is 0 Å². The summed E-state index contributed by atoms with van der Waals surface area (Å²) < 4.78 is 18.6. The molecule has 3 nitrogen and oxygen atoms in total. The highest BCUT2D eigenvalue weighted by Crippen LogP contribution is 2.27. The summed E-state index contributed by atoms with van der Waals surface area (Å²) in [6.45, 7) is 2.08. The summed E-state index contributed by atoms with van der Waals surface area (Å²) in [5, 5.41) is 0.604. The minimum Gasteiger partial charge on any atom is -0.489 e. The minimum atomic E-state index is -0.385. The van der Waals surface area contributed by atoms with E-state index >= 15 is 0 Å². The molecule has 2 N–H and O–H groups in total. The van der Waals surface area contributed by atoms with Crippen LogP contribution in [0.1, 0.15) is 24.1 Å². The molecule has 1 unspecified atom stereocenters. The van der Waals surface area contributed by atoms with Gasteiger partial charge in [0.15, 0.2) is 0 Å². The van der Waals surface area contributed by atoms with Crippen LogP contribution in [0, 0.1) is 5.82 Å². The highest BCUT2D eigenvalue weighted by molar-refractivity contribution is 6.30. The standard InChI is InChI=1S/C14H14ClFN2O/c1-9(17)13-5-11(15)2-3-14(13)19-8-10-4-12(16)7-18-6-10/h2-7,9H,8,17H2,1H3. The number of hydrogen-bond donors (Lipinski definition) is 1. The van der Waals surface area contributed by atoms with Gasteiger partial charge in [-0.15, -0.1) is 0 Å². The molecule has 100 valence electrons. The van der Waals surface area contributed by atoms with E-state index in [-0.39, 0.29) is 18.5 Å². The Bertz CT molecular complexity index is 575. The molecule has 0 spiro atoms. The number of nitrogens with zero attached hydrogens (tertiary/aromatic N) is 1. The topological polar surface area (TPSA) is 48.1 Å². The molecule has 0 fully saturated rings. The van der Waals surface area contributed by atoms with Gasteiger partial charge in [0, 0.05) is 28.4 Å². The zero-order valence-corrected chi connectivity index (χ0v) is 11.2. The highest BCUT2D eigenvalue weighted by atomic mass is 35.5. The molecule has 0 aliphatic carbocycles. The van der Waals surface area contributed by atoms with Crippen LogP contribution in [-0.2, 0) is 6.61 Å². The lowest BCUT2D eigenvalue weighted by molar-refractivity contribution is 0.300. The van der Waals surface area contributed by atoms with Gasteiger partial charge in [-0.05, 0) is 31.2 Å². The lowest BCUT2D eigenvalue weighted by Gasteiger charge is -2.14. The average Bonchev–Trinajstić information content (AvgIpc) is 2.37. The molecule has 2 rings (SSSR count). The van der Waals surface area contributed by atoms with Gasteiger partial charge in [-0.3, -0.25) is 4.98 Å². The Labute approximate surface area is 116 Å². The van der Waals surface area contributed by atoms with Crippen LogP contribution in [-0.4, -0.2) is 4.98 Å². The van der Waals surface area contributed by atoms with Crippen molar-refractivity contribution < 1.29 is 9.13 Å².